The van der Waals surface area contributed by atoms with Gasteiger partial charge in [-0.05, 0) is 48.9 Å². The summed E-state index contributed by atoms with van der Waals surface area (Å²) in [5.41, 5.74) is 1.04. The molecule has 0 saturated heterocycles. The van der Waals surface area contributed by atoms with Gasteiger partial charge in [0.25, 0.3) is 5.91 Å². The van der Waals surface area contributed by atoms with Crippen molar-refractivity contribution >= 4 is 23.5 Å². The Balaban J connectivity index is 1.61. The van der Waals surface area contributed by atoms with E-state index in [-0.39, 0.29) is 11.7 Å². The minimum absolute atomic E-state index is 0.289. The maximum atomic E-state index is 12.2. The first-order valence-corrected chi connectivity index (χ1v) is 8.20. The SMILES string of the molecule is Cc1ccnc(NC(=O)c2ccc(CSc3ccccc3)o2)c1. The molecule has 0 bridgehead atoms. The van der Waals surface area contributed by atoms with Crippen LogP contribution in [0.1, 0.15) is 21.9 Å². The molecule has 116 valence electrons. The van der Waals surface area contributed by atoms with E-state index >= 15 is 0 Å². The van der Waals surface area contributed by atoms with E-state index in [1.165, 1.54) is 4.90 Å². The Kier molecular flexibility index (Phi) is 4.78. The molecular weight excluding hydrogens is 308 g/mol. The zero-order chi connectivity index (χ0) is 16.1. The molecule has 0 unspecified atom stereocenters. The van der Waals surface area contributed by atoms with Gasteiger partial charge < -0.3 is 9.73 Å². The van der Waals surface area contributed by atoms with Crippen LogP contribution in [0.3, 0.4) is 0 Å². The summed E-state index contributed by atoms with van der Waals surface area (Å²) in [6, 6.07) is 17.3. The number of anilines is 1. The van der Waals surface area contributed by atoms with Crippen molar-refractivity contribution in [1.29, 1.82) is 0 Å². The lowest BCUT2D eigenvalue weighted by atomic mass is 10.3. The van der Waals surface area contributed by atoms with E-state index in [0.717, 1.165) is 11.3 Å². The maximum Gasteiger partial charge on any atom is 0.292 e. The van der Waals surface area contributed by atoms with Gasteiger partial charge in [-0.3, -0.25) is 4.79 Å². The lowest BCUT2D eigenvalue weighted by Crippen LogP contribution is -2.12. The Bertz CT molecular complexity index is 800. The number of nitrogens with one attached hydrogen (secondary N) is 1. The van der Waals surface area contributed by atoms with Gasteiger partial charge >= 0.3 is 0 Å². The van der Waals surface area contributed by atoms with Crippen LogP contribution in [0, 0.1) is 6.92 Å². The maximum absolute atomic E-state index is 12.2. The molecule has 2 heterocycles. The molecule has 5 heteroatoms. The number of thioether (sulfide) groups is 1. The molecule has 0 aliphatic heterocycles. The Hall–Kier alpha value is -2.53. The molecule has 2 aromatic heterocycles. The highest BCUT2D eigenvalue weighted by Crippen LogP contribution is 2.23. The number of nitrogens with zero attached hydrogens (tertiary/aromatic N) is 1. The third kappa shape index (κ3) is 4.23. The van der Waals surface area contributed by atoms with Gasteiger partial charge in [-0.25, -0.2) is 4.98 Å². The number of rotatable bonds is 5. The number of amides is 1. The molecule has 0 aliphatic carbocycles. The van der Waals surface area contributed by atoms with Crippen molar-refractivity contribution in [2.45, 2.75) is 17.6 Å². The van der Waals surface area contributed by atoms with Crippen molar-refractivity contribution < 1.29 is 9.21 Å². The number of furan rings is 1. The molecule has 3 rings (SSSR count). The summed E-state index contributed by atoms with van der Waals surface area (Å²) in [5.74, 6) is 1.96. The molecule has 4 nitrogen and oxygen atoms in total. The van der Waals surface area contributed by atoms with Crippen molar-refractivity contribution in [3.63, 3.8) is 0 Å². The van der Waals surface area contributed by atoms with Gasteiger partial charge in [0, 0.05) is 11.1 Å². The molecule has 0 atom stereocenters. The van der Waals surface area contributed by atoms with Crippen LogP contribution in [0.15, 0.2) is 70.1 Å². The number of hydrogen-bond acceptors (Lipinski definition) is 4. The van der Waals surface area contributed by atoms with E-state index in [1.54, 1.807) is 24.0 Å². The van der Waals surface area contributed by atoms with E-state index in [9.17, 15) is 4.79 Å². The minimum atomic E-state index is -0.293. The first-order chi connectivity index (χ1) is 11.2. The summed E-state index contributed by atoms with van der Waals surface area (Å²) in [6.07, 6.45) is 1.66. The molecule has 1 aromatic carbocycles. The van der Waals surface area contributed by atoms with Gasteiger partial charge in [0.05, 0.1) is 5.75 Å². The molecule has 0 fully saturated rings. The van der Waals surface area contributed by atoms with E-state index < -0.39 is 0 Å². The molecule has 0 saturated carbocycles. The van der Waals surface area contributed by atoms with Crippen LogP contribution >= 0.6 is 11.8 Å². The van der Waals surface area contributed by atoms with Crippen LogP contribution in [0.25, 0.3) is 0 Å². The van der Waals surface area contributed by atoms with Crippen molar-refractivity contribution in [2.24, 2.45) is 0 Å². The second kappa shape index (κ2) is 7.15. The topological polar surface area (TPSA) is 55.1 Å². The van der Waals surface area contributed by atoms with Crippen LogP contribution in [0.4, 0.5) is 5.82 Å². The fourth-order valence-corrected chi connectivity index (χ4v) is 2.84. The number of hydrogen-bond donors (Lipinski definition) is 1. The van der Waals surface area contributed by atoms with Crippen LogP contribution in [-0.4, -0.2) is 10.9 Å². The fraction of sp³-hybridized carbons (Fsp3) is 0.111. The molecule has 0 aliphatic rings. The van der Waals surface area contributed by atoms with Crippen molar-refractivity contribution in [3.05, 3.63) is 77.9 Å². The molecule has 0 radical (unpaired) electrons. The predicted octanol–water partition coefficient (Wildman–Crippen LogP) is 4.53. The summed E-state index contributed by atoms with van der Waals surface area (Å²) in [4.78, 5) is 17.4. The van der Waals surface area contributed by atoms with Gasteiger partial charge in [-0.2, -0.15) is 0 Å². The van der Waals surface area contributed by atoms with Crippen molar-refractivity contribution in [1.82, 2.24) is 4.98 Å². The zero-order valence-electron chi connectivity index (χ0n) is 12.7. The average molecular weight is 324 g/mol. The third-order valence-corrected chi connectivity index (χ3v) is 4.20. The molecular formula is C18H16N2O2S. The monoisotopic (exact) mass is 324 g/mol. The Morgan fingerprint density at radius 2 is 2.00 bits per heavy atom. The van der Waals surface area contributed by atoms with Gasteiger partial charge in [0.1, 0.15) is 11.6 Å². The fourth-order valence-electron chi connectivity index (χ4n) is 2.03. The molecule has 3 aromatic rings. The van der Waals surface area contributed by atoms with E-state index in [0.29, 0.717) is 11.6 Å². The lowest BCUT2D eigenvalue weighted by Gasteiger charge is -2.03. The normalized spacial score (nSPS) is 10.5. The highest BCUT2D eigenvalue weighted by molar-refractivity contribution is 7.98. The Morgan fingerprint density at radius 1 is 1.17 bits per heavy atom. The molecule has 23 heavy (non-hydrogen) atoms. The summed E-state index contributed by atoms with van der Waals surface area (Å²) >= 11 is 1.67. The lowest BCUT2D eigenvalue weighted by molar-refractivity contribution is 0.0995. The van der Waals surface area contributed by atoms with Crippen molar-refractivity contribution in [2.75, 3.05) is 5.32 Å². The van der Waals surface area contributed by atoms with E-state index in [1.807, 2.05) is 55.5 Å². The first-order valence-electron chi connectivity index (χ1n) is 7.21. The van der Waals surface area contributed by atoms with Crippen molar-refractivity contribution in [3.8, 4) is 0 Å². The summed E-state index contributed by atoms with van der Waals surface area (Å²) < 4.78 is 5.61. The smallest absolute Gasteiger partial charge is 0.292 e. The number of benzene rings is 1. The highest BCUT2D eigenvalue weighted by atomic mass is 32.2. The largest absolute Gasteiger partial charge is 0.455 e. The minimum Gasteiger partial charge on any atom is -0.455 e. The quantitative estimate of drug-likeness (QED) is 0.701. The predicted molar refractivity (Wildman–Crippen MR) is 91.6 cm³/mol. The molecule has 0 spiro atoms. The number of aryl methyl sites for hydroxylation is 1. The van der Waals surface area contributed by atoms with Crippen LogP contribution in [-0.2, 0) is 5.75 Å². The Labute approximate surface area is 138 Å². The van der Waals surface area contributed by atoms with Crippen LogP contribution in [0.5, 0.6) is 0 Å². The van der Waals surface area contributed by atoms with Gasteiger partial charge in [-0.1, -0.05) is 18.2 Å². The average Bonchev–Trinajstić information content (AvgIpc) is 3.03. The second-order valence-electron chi connectivity index (χ2n) is 5.04. The van der Waals surface area contributed by atoms with Gasteiger partial charge in [0.2, 0.25) is 0 Å². The standard InChI is InChI=1S/C18H16N2O2S/c1-13-9-10-19-17(11-13)20-18(21)16-8-7-14(22-16)12-23-15-5-3-2-4-6-15/h2-11H,12H2,1H3,(H,19,20,21). The molecule has 1 amide bonds. The van der Waals surface area contributed by atoms with Crippen LogP contribution < -0.4 is 5.32 Å². The van der Waals surface area contributed by atoms with Crippen LogP contribution in [0.2, 0.25) is 0 Å². The molecule has 1 N–H and O–H groups in total. The summed E-state index contributed by atoms with van der Waals surface area (Å²) in [6.45, 7) is 1.95. The van der Waals surface area contributed by atoms with Gasteiger partial charge in [-0.15, -0.1) is 11.8 Å². The number of aromatic nitrogens is 1. The third-order valence-electron chi connectivity index (χ3n) is 3.17. The number of pyridine rings is 1. The highest BCUT2D eigenvalue weighted by Gasteiger charge is 2.12. The summed E-state index contributed by atoms with van der Waals surface area (Å²) in [7, 11) is 0. The van der Waals surface area contributed by atoms with E-state index in [4.69, 9.17) is 4.42 Å². The Morgan fingerprint density at radius 3 is 2.78 bits per heavy atom. The number of carbonyl (C=O) groups excluding carboxylic acids is 1. The van der Waals surface area contributed by atoms with Gasteiger partial charge in [0.15, 0.2) is 5.76 Å². The second-order valence-corrected chi connectivity index (χ2v) is 6.09. The zero-order valence-corrected chi connectivity index (χ0v) is 13.5. The first kappa shape index (κ1) is 15.4. The summed E-state index contributed by atoms with van der Waals surface area (Å²) in [5, 5.41) is 2.74. The number of carbonyl (C=O) groups is 1. The van der Waals surface area contributed by atoms with E-state index in [2.05, 4.69) is 10.3 Å².